The monoisotopic (exact) mass is 378 g/mol. The van der Waals surface area contributed by atoms with Crippen LogP contribution < -0.4 is 14.8 Å². The minimum Gasteiger partial charge on any atom is -0.493 e. The second-order valence-corrected chi connectivity index (χ2v) is 6.11. The SMILES string of the molecule is COc1ccc(CNC(=O)CSc2ccc(C#N)cc2)cc1OC(F)F. The molecule has 0 saturated carbocycles. The molecule has 0 aromatic heterocycles. The van der Waals surface area contributed by atoms with Gasteiger partial charge in [0.15, 0.2) is 11.5 Å². The van der Waals surface area contributed by atoms with Crippen molar-refractivity contribution in [3.8, 4) is 17.6 Å². The number of nitrogens with one attached hydrogen (secondary N) is 1. The number of ether oxygens (including phenoxy) is 2. The third-order valence-corrected chi connectivity index (χ3v) is 4.30. The molecule has 2 rings (SSSR count). The van der Waals surface area contributed by atoms with Gasteiger partial charge in [-0.2, -0.15) is 14.0 Å². The summed E-state index contributed by atoms with van der Waals surface area (Å²) in [7, 11) is 1.36. The van der Waals surface area contributed by atoms with Gasteiger partial charge in [0.2, 0.25) is 5.91 Å². The van der Waals surface area contributed by atoms with Crippen LogP contribution in [0.1, 0.15) is 11.1 Å². The number of benzene rings is 2. The van der Waals surface area contributed by atoms with Crippen LogP contribution >= 0.6 is 11.8 Å². The average Bonchev–Trinajstić information content (AvgIpc) is 2.64. The molecule has 2 aromatic carbocycles. The lowest BCUT2D eigenvalue weighted by Crippen LogP contribution is -2.24. The zero-order valence-electron chi connectivity index (χ0n) is 13.9. The highest BCUT2D eigenvalue weighted by atomic mass is 32.2. The molecule has 0 fully saturated rings. The van der Waals surface area contributed by atoms with Gasteiger partial charge in [0.25, 0.3) is 0 Å². The molecule has 0 atom stereocenters. The maximum absolute atomic E-state index is 12.4. The highest BCUT2D eigenvalue weighted by molar-refractivity contribution is 8.00. The Kier molecular flexibility index (Phi) is 7.24. The van der Waals surface area contributed by atoms with E-state index < -0.39 is 6.61 Å². The number of hydrogen-bond acceptors (Lipinski definition) is 5. The smallest absolute Gasteiger partial charge is 0.387 e. The summed E-state index contributed by atoms with van der Waals surface area (Å²) >= 11 is 1.34. The lowest BCUT2D eigenvalue weighted by molar-refractivity contribution is -0.118. The van der Waals surface area contributed by atoms with Crippen molar-refractivity contribution in [3.05, 3.63) is 53.6 Å². The summed E-state index contributed by atoms with van der Waals surface area (Å²) in [5.74, 6) is 0.104. The van der Waals surface area contributed by atoms with E-state index in [0.717, 1.165) is 4.90 Å². The summed E-state index contributed by atoms with van der Waals surface area (Å²) < 4.78 is 34.2. The molecule has 136 valence electrons. The van der Waals surface area contributed by atoms with E-state index in [1.165, 1.54) is 31.0 Å². The number of carbonyl (C=O) groups is 1. The summed E-state index contributed by atoms with van der Waals surface area (Å²) in [4.78, 5) is 12.8. The van der Waals surface area contributed by atoms with Crippen molar-refractivity contribution in [2.24, 2.45) is 0 Å². The summed E-state index contributed by atoms with van der Waals surface area (Å²) in [5.41, 5.74) is 1.17. The lowest BCUT2D eigenvalue weighted by atomic mass is 10.2. The zero-order chi connectivity index (χ0) is 18.9. The van der Waals surface area contributed by atoms with Gasteiger partial charge in [-0.1, -0.05) is 6.07 Å². The molecule has 0 heterocycles. The van der Waals surface area contributed by atoms with Crippen LogP contribution in [0.4, 0.5) is 8.78 Å². The fourth-order valence-electron chi connectivity index (χ4n) is 2.05. The third kappa shape index (κ3) is 5.93. The number of nitriles is 1. The molecule has 0 aliphatic heterocycles. The normalized spacial score (nSPS) is 10.3. The van der Waals surface area contributed by atoms with E-state index in [0.29, 0.717) is 11.1 Å². The Hall–Kier alpha value is -2.79. The summed E-state index contributed by atoms with van der Waals surface area (Å²) in [6.07, 6.45) is 0. The van der Waals surface area contributed by atoms with Crippen LogP contribution in [0.5, 0.6) is 11.5 Å². The molecule has 0 spiro atoms. The van der Waals surface area contributed by atoms with Crippen molar-refractivity contribution in [2.45, 2.75) is 18.1 Å². The van der Waals surface area contributed by atoms with Crippen LogP contribution in [0.25, 0.3) is 0 Å². The minimum atomic E-state index is -2.96. The summed E-state index contributed by atoms with van der Waals surface area (Å²) in [6.45, 7) is -2.78. The second kappa shape index (κ2) is 9.63. The number of carbonyl (C=O) groups excluding carboxylic acids is 1. The van der Waals surface area contributed by atoms with Crippen LogP contribution in [-0.2, 0) is 11.3 Å². The van der Waals surface area contributed by atoms with E-state index in [2.05, 4.69) is 10.1 Å². The van der Waals surface area contributed by atoms with Crippen molar-refractivity contribution >= 4 is 17.7 Å². The summed E-state index contributed by atoms with van der Waals surface area (Å²) in [6, 6.07) is 13.5. The quantitative estimate of drug-likeness (QED) is 0.711. The zero-order valence-corrected chi connectivity index (χ0v) is 14.7. The Labute approximate surface area is 153 Å². The molecule has 1 N–H and O–H groups in total. The van der Waals surface area contributed by atoms with Crippen molar-refractivity contribution in [3.63, 3.8) is 0 Å². The van der Waals surface area contributed by atoms with Crippen molar-refractivity contribution < 1.29 is 23.0 Å². The van der Waals surface area contributed by atoms with E-state index in [1.807, 2.05) is 6.07 Å². The Morgan fingerprint density at radius 1 is 1.23 bits per heavy atom. The highest BCUT2D eigenvalue weighted by Gasteiger charge is 2.12. The third-order valence-electron chi connectivity index (χ3n) is 3.29. The van der Waals surface area contributed by atoms with E-state index in [-0.39, 0.29) is 29.7 Å². The number of rotatable bonds is 8. The molecule has 2 aromatic rings. The van der Waals surface area contributed by atoms with E-state index in [9.17, 15) is 13.6 Å². The largest absolute Gasteiger partial charge is 0.493 e. The molecule has 5 nitrogen and oxygen atoms in total. The number of hydrogen-bond donors (Lipinski definition) is 1. The molecule has 8 heteroatoms. The van der Waals surface area contributed by atoms with Crippen LogP contribution in [-0.4, -0.2) is 25.4 Å². The van der Waals surface area contributed by atoms with Crippen LogP contribution in [0.2, 0.25) is 0 Å². The molecular formula is C18H16F2N2O3S. The number of alkyl halides is 2. The number of methoxy groups -OCH3 is 1. The van der Waals surface area contributed by atoms with Crippen molar-refractivity contribution in [1.29, 1.82) is 5.26 Å². The Balaban J connectivity index is 1.87. The fourth-order valence-corrected chi connectivity index (χ4v) is 2.77. The first-order valence-corrected chi connectivity index (χ1v) is 8.51. The van der Waals surface area contributed by atoms with E-state index >= 15 is 0 Å². The second-order valence-electron chi connectivity index (χ2n) is 5.07. The molecule has 0 unspecified atom stereocenters. The van der Waals surface area contributed by atoms with Gasteiger partial charge in [-0.15, -0.1) is 11.8 Å². The number of nitrogens with zero attached hydrogens (tertiary/aromatic N) is 1. The van der Waals surface area contributed by atoms with E-state index in [4.69, 9.17) is 10.00 Å². The fraction of sp³-hybridized carbons (Fsp3) is 0.222. The Morgan fingerprint density at radius 2 is 1.96 bits per heavy atom. The molecule has 1 amide bonds. The van der Waals surface area contributed by atoms with E-state index in [1.54, 1.807) is 30.3 Å². The number of thioether (sulfide) groups is 1. The molecule has 0 bridgehead atoms. The Bertz CT molecular complexity index is 792. The van der Waals surface area contributed by atoms with Gasteiger partial charge in [-0.05, 0) is 42.0 Å². The maximum Gasteiger partial charge on any atom is 0.387 e. The van der Waals surface area contributed by atoms with Gasteiger partial charge in [0.05, 0.1) is 24.5 Å². The van der Waals surface area contributed by atoms with Gasteiger partial charge in [-0.25, -0.2) is 0 Å². The van der Waals surface area contributed by atoms with Crippen LogP contribution in [0.15, 0.2) is 47.4 Å². The Morgan fingerprint density at radius 3 is 2.58 bits per heavy atom. The summed E-state index contributed by atoms with van der Waals surface area (Å²) in [5, 5.41) is 11.5. The molecule has 0 aliphatic rings. The van der Waals surface area contributed by atoms with Gasteiger partial charge < -0.3 is 14.8 Å². The van der Waals surface area contributed by atoms with Crippen LogP contribution in [0, 0.1) is 11.3 Å². The molecule has 0 aliphatic carbocycles. The predicted octanol–water partition coefficient (Wildman–Crippen LogP) is 3.58. The molecular weight excluding hydrogens is 362 g/mol. The average molecular weight is 378 g/mol. The van der Waals surface area contributed by atoms with Crippen molar-refractivity contribution in [2.75, 3.05) is 12.9 Å². The first kappa shape index (κ1) is 19.5. The maximum atomic E-state index is 12.4. The standard InChI is InChI=1S/C18H16F2N2O3S/c1-24-15-7-4-13(8-16(15)25-18(19)20)10-22-17(23)11-26-14-5-2-12(9-21)3-6-14/h2-8,18H,10-11H2,1H3,(H,22,23). The molecule has 0 radical (unpaired) electrons. The predicted molar refractivity (Wildman–Crippen MR) is 93.4 cm³/mol. The number of amides is 1. The van der Waals surface area contributed by atoms with Gasteiger partial charge in [-0.3, -0.25) is 4.79 Å². The van der Waals surface area contributed by atoms with Crippen molar-refractivity contribution in [1.82, 2.24) is 5.32 Å². The molecule has 26 heavy (non-hydrogen) atoms. The van der Waals surface area contributed by atoms with Gasteiger partial charge in [0, 0.05) is 11.4 Å². The highest BCUT2D eigenvalue weighted by Crippen LogP contribution is 2.29. The lowest BCUT2D eigenvalue weighted by Gasteiger charge is -2.12. The minimum absolute atomic E-state index is 0.0822. The number of halogens is 2. The first-order valence-electron chi connectivity index (χ1n) is 7.53. The topological polar surface area (TPSA) is 71.3 Å². The van der Waals surface area contributed by atoms with Crippen LogP contribution in [0.3, 0.4) is 0 Å². The van der Waals surface area contributed by atoms with Gasteiger partial charge in [0.1, 0.15) is 0 Å². The first-order chi connectivity index (χ1) is 12.5. The molecule has 0 saturated heterocycles. The van der Waals surface area contributed by atoms with Gasteiger partial charge >= 0.3 is 6.61 Å².